The van der Waals surface area contributed by atoms with Crippen molar-refractivity contribution in [3.05, 3.63) is 58.7 Å². The topological polar surface area (TPSA) is 49.4 Å². The Balaban J connectivity index is 1.85. The van der Waals surface area contributed by atoms with Gasteiger partial charge in [-0.15, -0.1) is 0 Å². The molecule has 1 heterocycles. The van der Waals surface area contributed by atoms with Crippen molar-refractivity contribution in [2.75, 3.05) is 16.8 Å². The van der Waals surface area contributed by atoms with Gasteiger partial charge in [0.25, 0.3) is 0 Å². The summed E-state index contributed by atoms with van der Waals surface area (Å²) < 4.78 is 78.1. The number of benzene rings is 2. The molecule has 0 radical (unpaired) electrons. The normalized spacial score (nSPS) is 17.2. The van der Waals surface area contributed by atoms with Gasteiger partial charge in [-0.1, -0.05) is 18.2 Å². The Bertz CT molecular complexity index is 977. The molecule has 1 atom stereocenters. The van der Waals surface area contributed by atoms with Gasteiger partial charge in [-0.2, -0.15) is 26.3 Å². The van der Waals surface area contributed by atoms with Gasteiger partial charge in [0.05, 0.1) is 17.0 Å². The lowest BCUT2D eigenvalue weighted by Gasteiger charge is -2.21. The highest BCUT2D eigenvalue weighted by molar-refractivity contribution is 6.04. The Labute approximate surface area is 173 Å². The van der Waals surface area contributed by atoms with Crippen LogP contribution in [0.1, 0.15) is 28.7 Å². The van der Waals surface area contributed by atoms with Crippen LogP contribution in [0.15, 0.2) is 36.4 Å². The van der Waals surface area contributed by atoms with E-state index in [0.29, 0.717) is 17.8 Å². The Kier molecular flexibility index (Phi) is 5.77. The molecule has 0 bridgehead atoms. The van der Waals surface area contributed by atoms with E-state index in [1.807, 2.05) is 6.07 Å². The highest BCUT2D eigenvalue weighted by Gasteiger charge is 2.39. The smallest absolute Gasteiger partial charge is 0.326 e. The van der Waals surface area contributed by atoms with Gasteiger partial charge >= 0.3 is 12.4 Å². The van der Waals surface area contributed by atoms with Crippen LogP contribution < -0.4 is 10.2 Å². The van der Waals surface area contributed by atoms with Gasteiger partial charge in [0.1, 0.15) is 0 Å². The Hall–Kier alpha value is -3.04. The monoisotopic (exact) mass is 444 g/mol. The molecule has 10 heteroatoms. The van der Waals surface area contributed by atoms with Crippen LogP contribution in [0.4, 0.5) is 37.7 Å². The Morgan fingerprint density at radius 3 is 1.97 bits per heavy atom. The first-order valence-electron chi connectivity index (χ1n) is 9.24. The number of nitrogens with zero attached hydrogens (tertiary/aromatic N) is 1. The zero-order valence-electron chi connectivity index (χ0n) is 16.5. The summed E-state index contributed by atoms with van der Waals surface area (Å²) in [5.41, 5.74) is -1.44. The maximum Gasteiger partial charge on any atom is 0.416 e. The van der Waals surface area contributed by atoms with E-state index >= 15 is 0 Å². The van der Waals surface area contributed by atoms with Gasteiger partial charge in [-0.3, -0.25) is 9.59 Å². The standard InChI is InChI=1S/C21H18F6N2O2/c1-11-4-3-5-12(2)18(11)29-10-13(6-17(29)30)19(31)28-16-8-14(20(22,23)24)7-15(9-16)21(25,26)27/h3-5,7-9,13H,6,10H2,1-2H3,(H,28,31). The fourth-order valence-electron chi connectivity index (χ4n) is 3.60. The van der Waals surface area contributed by atoms with E-state index in [1.165, 1.54) is 4.90 Å². The molecule has 2 aromatic carbocycles. The van der Waals surface area contributed by atoms with E-state index in [-0.39, 0.29) is 24.9 Å². The van der Waals surface area contributed by atoms with Crippen molar-refractivity contribution in [3.8, 4) is 0 Å². The lowest BCUT2D eigenvalue weighted by molar-refractivity contribution is -0.143. The summed E-state index contributed by atoms with van der Waals surface area (Å²) in [7, 11) is 0. The maximum absolute atomic E-state index is 13.0. The Morgan fingerprint density at radius 2 is 1.48 bits per heavy atom. The second kappa shape index (κ2) is 7.90. The zero-order chi connectivity index (χ0) is 23.1. The number of anilines is 2. The Morgan fingerprint density at radius 1 is 0.968 bits per heavy atom. The van der Waals surface area contributed by atoms with E-state index < -0.39 is 41.0 Å². The minimum absolute atomic E-state index is 0.0164. The summed E-state index contributed by atoms with van der Waals surface area (Å²) in [6, 6.07) is 6.26. The third-order valence-electron chi connectivity index (χ3n) is 5.06. The first-order chi connectivity index (χ1) is 14.3. The van der Waals surface area contributed by atoms with Crippen LogP contribution in [0.2, 0.25) is 0 Å². The molecule has 3 rings (SSSR count). The van der Waals surface area contributed by atoms with Crippen LogP contribution in [0.5, 0.6) is 0 Å². The number of nitrogens with one attached hydrogen (secondary N) is 1. The molecule has 0 spiro atoms. The predicted molar refractivity (Wildman–Crippen MR) is 101 cm³/mol. The highest BCUT2D eigenvalue weighted by Crippen LogP contribution is 2.38. The molecule has 1 N–H and O–H groups in total. The molecule has 166 valence electrons. The average Bonchev–Trinajstić information content (AvgIpc) is 3.01. The van der Waals surface area contributed by atoms with Crippen LogP contribution in [0.3, 0.4) is 0 Å². The van der Waals surface area contributed by atoms with Crippen LogP contribution >= 0.6 is 0 Å². The molecule has 4 nitrogen and oxygen atoms in total. The van der Waals surface area contributed by atoms with Crippen LogP contribution in [0, 0.1) is 19.8 Å². The molecule has 1 fully saturated rings. The van der Waals surface area contributed by atoms with Gasteiger partial charge in [0, 0.05) is 24.3 Å². The molecule has 1 aliphatic rings. The van der Waals surface area contributed by atoms with Crippen LogP contribution in [0.25, 0.3) is 0 Å². The number of alkyl halides is 6. The van der Waals surface area contributed by atoms with E-state index in [1.54, 1.807) is 26.0 Å². The number of carbonyl (C=O) groups is 2. The average molecular weight is 444 g/mol. The molecule has 0 aromatic heterocycles. The third-order valence-corrected chi connectivity index (χ3v) is 5.06. The van der Waals surface area contributed by atoms with E-state index in [2.05, 4.69) is 5.32 Å². The molecule has 2 aromatic rings. The van der Waals surface area contributed by atoms with Gasteiger partial charge in [0.15, 0.2) is 0 Å². The summed E-state index contributed by atoms with van der Waals surface area (Å²) in [5.74, 6) is -2.09. The number of carbonyl (C=O) groups excluding carboxylic acids is 2. The van der Waals surface area contributed by atoms with Gasteiger partial charge < -0.3 is 10.2 Å². The molecule has 1 unspecified atom stereocenters. The molecule has 0 saturated carbocycles. The van der Waals surface area contributed by atoms with Crippen molar-refractivity contribution in [3.63, 3.8) is 0 Å². The van der Waals surface area contributed by atoms with E-state index in [4.69, 9.17) is 0 Å². The van der Waals surface area contributed by atoms with Crippen molar-refractivity contribution in [1.29, 1.82) is 0 Å². The second-order valence-electron chi connectivity index (χ2n) is 7.43. The minimum Gasteiger partial charge on any atom is -0.326 e. The van der Waals surface area contributed by atoms with Crippen molar-refractivity contribution in [1.82, 2.24) is 0 Å². The molecular weight excluding hydrogens is 426 g/mol. The number of halogens is 6. The number of aryl methyl sites for hydroxylation is 2. The minimum atomic E-state index is -5.02. The predicted octanol–water partition coefficient (Wildman–Crippen LogP) is 5.33. The van der Waals surface area contributed by atoms with Crippen molar-refractivity contribution < 1.29 is 35.9 Å². The quantitative estimate of drug-likeness (QED) is 0.651. The zero-order valence-corrected chi connectivity index (χ0v) is 16.5. The molecule has 2 amide bonds. The molecule has 0 aliphatic carbocycles. The fourth-order valence-corrected chi connectivity index (χ4v) is 3.60. The largest absolute Gasteiger partial charge is 0.416 e. The van der Waals surface area contributed by atoms with E-state index in [9.17, 15) is 35.9 Å². The molecule has 1 saturated heterocycles. The number of amides is 2. The van der Waals surface area contributed by atoms with Gasteiger partial charge in [-0.25, -0.2) is 0 Å². The first kappa shape index (κ1) is 22.6. The first-order valence-corrected chi connectivity index (χ1v) is 9.24. The SMILES string of the molecule is Cc1cccc(C)c1N1CC(C(=O)Nc2cc(C(F)(F)F)cc(C(F)(F)F)c2)CC1=O. The lowest BCUT2D eigenvalue weighted by atomic mass is 10.1. The maximum atomic E-state index is 13.0. The van der Waals surface area contributed by atoms with Gasteiger partial charge in [0.2, 0.25) is 11.8 Å². The highest BCUT2D eigenvalue weighted by atomic mass is 19.4. The summed E-state index contributed by atoms with van der Waals surface area (Å²) >= 11 is 0. The van der Waals surface area contributed by atoms with Gasteiger partial charge in [-0.05, 0) is 43.2 Å². The van der Waals surface area contributed by atoms with E-state index in [0.717, 1.165) is 11.1 Å². The molecular formula is C21H18F6N2O2. The molecule has 31 heavy (non-hydrogen) atoms. The van der Waals surface area contributed by atoms with Crippen LogP contribution in [-0.4, -0.2) is 18.4 Å². The number of para-hydroxylation sites is 1. The second-order valence-corrected chi connectivity index (χ2v) is 7.43. The van der Waals surface area contributed by atoms with Crippen molar-refractivity contribution in [2.45, 2.75) is 32.6 Å². The lowest BCUT2D eigenvalue weighted by Crippen LogP contribution is -2.29. The number of hydrogen-bond donors (Lipinski definition) is 1. The number of rotatable bonds is 3. The fraction of sp³-hybridized carbons (Fsp3) is 0.333. The summed E-state index contributed by atoms with van der Waals surface area (Å²) in [5, 5.41) is 2.11. The van der Waals surface area contributed by atoms with Crippen LogP contribution in [-0.2, 0) is 21.9 Å². The number of hydrogen-bond acceptors (Lipinski definition) is 2. The van der Waals surface area contributed by atoms with Crippen molar-refractivity contribution >= 4 is 23.2 Å². The summed E-state index contributed by atoms with van der Waals surface area (Å²) in [6.45, 7) is 3.57. The summed E-state index contributed by atoms with van der Waals surface area (Å²) in [4.78, 5) is 26.5. The molecule has 1 aliphatic heterocycles. The van der Waals surface area contributed by atoms with Crippen molar-refractivity contribution in [2.24, 2.45) is 5.92 Å². The third kappa shape index (κ3) is 4.83. The summed E-state index contributed by atoms with van der Waals surface area (Å²) in [6.07, 6.45) is -10.3.